The summed E-state index contributed by atoms with van der Waals surface area (Å²) in [5.74, 6) is 0. The summed E-state index contributed by atoms with van der Waals surface area (Å²) in [4.78, 5) is 2.80. The van der Waals surface area contributed by atoms with Crippen LogP contribution in [0.5, 0.6) is 0 Å². The molecule has 2 rings (SSSR count). The molecule has 1 saturated carbocycles. The molecule has 2 fully saturated rings. The largest absolute Gasteiger partial charge is 0.314 e. The van der Waals surface area contributed by atoms with E-state index in [0.29, 0.717) is 5.54 Å². The molecule has 1 spiro atoms. The van der Waals surface area contributed by atoms with Crippen molar-refractivity contribution in [3.05, 3.63) is 0 Å². The first-order valence-corrected chi connectivity index (χ1v) is 6.83. The first-order valence-electron chi connectivity index (χ1n) is 6.83. The van der Waals surface area contributed by atoms with Crippen LogP contribution in [0.25, 0.3) is 0 Å². The minimum atomic E-state index is 0.561. The summed E-state index contributed by atoms with van der Waals surface area (Å²) in [5.41, 5.74) is 0.561. The minimum absolute atomic E-state index is 0.561. The van der Waals surface area contributed by atoms with Gasteiger partial charge >= 0.3 is 0 Å². The predicted octanol–water partition coefficient (Wildman–Crippen LogP) is 2.39. The predicted molar refractivity (Wildman–Crippen MR) is 65.2 cm³/mol. The summed E-state index contributed by atoms with van der Waals surface area (Å²) in [5, 5.41) is 3.60. The monoisotopic (exact) mass is 210 g/mol. The quantitative estimate of drug-likeness (QED) is 0.717. The molecule has 2 aliphatic rings. The molecule has 0 unspecified atom stereocenters. The normalized spacial score (nSPS) is 26.2. The second-order valence-electron chi connectivity index (χ2n) is 5.30. The van der Waals surface area contributed by atoms with Crippen LogP contribution in [-0.4, -0.2) is 36.6 Å². The van der Waals surface area contributed by atoms with Crippen molar-refractivity contribution in [3.63, 3.8) is 0 Å². The van der Waals surface area contributed by atoms with Gasteiger partial charge < -0.3 is 5.32 Å². The van der Waals surface area contributed by atoms with Crippen molar-refractivity contribution < 1.29 is 0 Å². The minimum Gasteiger partial charge on any atom is -0.314 e. The molecule has 0 amide bonds. The van der Waals surface area contributed by atoms with Crippen molar-refractivity contribution in [2.24, 2.45) is 0 Å². The van der Waals surface area contributed by atoms with Gasteiger partial charge in [0.1, 0.15) is 0 Å². The Morgan fingerprint density at radius 2 is 2.00 bits per heavy atom. The number of hydrogen-bond donors (Lipinski definition) is 1. The Bertz CT molecular complexity index is 185. The summed E-state index contributed by atoms with van der Waals surface area (Å²) < 4.78 is 0. The van der Waals surface area contributed by atoms with Crippen LogP contribution in [0.3, 0.4) is 0 Å². The lowest BCUT2D eigenvalue weighted by atomic mass is 9.92. The highest BCUT2D eigenvalue weighted by Gasteiger charge is 2.40. The molecule has 0 aromatic rings. The van der Waals surface area contributed by atoms with Crippen LogP contribution in [0.4, 0.5) is 0 Å². The maximum Gasteiger partial charge on any atom is 0.0334 e. The molecule has 0 aromatic heterocycles. The van der Waals surface area contributed by atoms with E-state index >= 15 is 0 Å². The molecule has 0 atom stereocenters. The van der Waals surface area contributed by atoms with Crippen molar-refractivity contribution in [1.29, 1.82) is 0 Å². The summed E-state index contributed by atoms with van der Waals surface area (Å²) in [6.45, 7) is 7.37. The third kappa shape index (κ3) is 2.54. The molecule has 2 heteroatoms. The van der Waals surface area contributed by atoms with Crippen LogP contribution < -0.4 is 5.32 Å². The van der Waals surface area contributed by atoms with Gasteiger partial charge in [-0.1, -0.05) is 32.6 Å². The lowest BCUT2D eigenvalue weighted by Gasteiger charge is -2.45. The van der Waals surface area contributed by atoms with Crippen molar-refractivity contribution in [2.45, 2.75) is 57.4 Å². The fraction of sp³-hybridized carbons (Fsp3) is 1.00. The van der Waals surface area contributed by atoms with Gasteiger partial charge in [0.25, 0.3) is 0 Å². The molecule has 2 nitrogen and oxygen atoms in total. The van der Waals surface area contributed by atoms with Crippen LogP contribution in [0, 0.1) is 0 Å². The fourth-order valence-electron chi connectivity index (χ4n) is 3.31. The van der Waals surface area contributed by atoms with Gasteiger partial charge in [-0.2, -0.15) is 0 Å². The third-order valence-corrected chi connectivity index (χ3v) is 4.25. The Kier molecular flexibility index (Phi) is 4.04. The Morgan fingerprint density at radius 1 is 1.20 bits per heavy atom. The van der Waals surface area contributed by atoms with Gasteiger partial charge in [-0.15, -0.1) is 0 Å². The third-order valence-electron chi connectivity index (χ3n) is 4.25. The van der Waals surface area contributed by atoms with E-state index in [9.17, 15) is 0 Å². The summed E-state index contributed by atoms with van der Waals surface area (Å²) in [6.07, 6.45) is 9.92. The highest BCUT2D eigenvalue weighted by molar-refractivity contribution is 4.99. The van der Waals surface area contributed by atoms with Crippen molar-refractivity contribution in [3.8, 4) is 0 Å². The first-order chi connectivity index (χ1) is 7.37. The smallest absolute Gasteiger partial charge is 0.0334 e. The highest BCUT2D eigenvalue weighted by atomic mass is 15.3. The average Bonchev–Trinajstić information content (AvgIpc) is 2.71. The van der Waals surface area contributed by atoms with Crippen LogP contribution in [-0.2, 0) is 0 Å². The van der Waals surface area contributed by atoms with E-state index in [1.807, 2.05) is 0 Å². The molecule has 88 valence electrons. The molecule has 15 heavy (non-hydrogen) atoms. The molecular weight excluding hydrogens is 184 g/mol. The maximum absolute atomic E-state index is 3.60. The number of rotatable bonds is 4. The van der Waals surface area contributed by atoms with Gasteiger partial charge in [-0.25, -0.2) is 0 Å². The molecule has 0 bridgehead atoms. The zero-order valence-corrected chi connectivity index (χ0v) is 10.2. The number of unbranched alkanes of at least 4 members (excludes halogenated alkanes) is 2. The Balaban J connectivity index is 1.88. The summed E-state index contributed by atoms with van der Waals surface area (Å²) in [7, 11) is 0. The fourth-order valence-corrected chi connectivity index (χ4v) is 3.31. The second kappa shape index (κ2) is 5.31. The number of hydrogen-bond acceptors (Lipinski definition) is 2. The van der Waals surface area contributed by atoms with E-state index in [2.05, 4.69) is 17.1 Å². The molecule has 0 aromatic carbocycles. The van der Waals surface area contributed by atoms with Gasteiger partial charge in [-0.3, -0.25) is 4.90 Å². The van der Waals surface area contributed by atoms with E-state index in [0.717, 1.165) is 0 Å². The van der Waals surface area contributed by atoms with Gasteiger partial charge in [0.05, 0.1) is 0 Å². The maximum atomic E-state index is 3.60. The van der Waals surface area contributed by atoms with E-state index < -0.39 is 0 Å². The van der Waals surface area contributed by atoms with Crippen molar-refractivity contribution in [2.75, 3.05) is 26.2 Å². The van der Waals surface area contributed by atoms with E-state index in [1.165, 1.54) is 71.1 Å². The molecule has 1 saturated heterocycles. The van der Waals surface area contributed by atoms with Crippen LogP contribution in [0.2, 0.25) is 0 Å². The SMILES string of the molecule is CCCCCN1CCNCC12CCCC2. The number of nitrogens with zero attached hydrogens (tertiary/aromatic N) is 1. The first kappa shape index (κ1) is 11.4. The van der Waals surface area contributed by atoms with Gasteiger partial charge in [0, 0.05) is 25.2 Å². The topological polar surface area (TPSA) is 15.3 Å². The standard InChI is InChI=1S/C13H26N2/c1-2-3-6-10-15-11-9-14-12-13(15)7-4-5-8-13/h14H,2-12H2,1H3. The van der Waals surface area contributed by atoms with Crippen LogP contribution in [0.1, 0.15) is 51.9 Å². The Hall–Kier alpha value is -0.0800. The van der Waals surface area contributed by atoms with Crippen LogP contribution in [0.15, 0.2) is 0 Å². The van der Waals surface area contributed by atoms with Crippen molar-refractivity contribution in [1.82, 2.24) is 10.2 Å². The number of nitrogens with one attached hydrogen (secondary N) is 1. The number of piperazine rings is 1. The average molecular weight is 210 g/mol. The van der Waals surface area contributed by atoms with E-state index in [-0.39, 0.29) is 0 Å². The molecule has 1 heterocycles. The molecule has 1 N–H and O–H groups in total. The second-order valence-corrected chi connectivity index (χ2v) is 5.30. The molecule has 1 aliphatic heterocycles. The van der Waals surface area contributed by atoms with Gasteiger partial charge in [0.2, 0.25) is 0 Å². The molecular formula is C13H26N2. The van der Waals surface area contributed by atoms with Gasteiger partial charge in [-0.05, 0) is 25.8 Å². The zero-order chi connectivity index (χ0) is 10.6. The highest BCUT2D eigenvalue weighted by Crippen LogP contribution is 2.36. The van der Waals surface area contributed by atoms with E-state index in [4.69, 9.17) is 0 Å². The molecule has 1 aliphatic carbocycles. The lowest BCUT2D eigenvalue weighted by molar-refractivity contribution is 0.0632. The lowest BCUT2D eigenvalue weighted by Crippen LogP contribution is -2.59. The Labute approximate surface area is 94.4 Å². The van der Waals surface area contributed by atoms with Gasteiger partial charge in [0.15, 0.2) is 0 Å². The van der Waals surface area contributed by atoms with E-state index in [1.54, 1.807) is 0 Å². The zero-order valence-electron chi connectivity index (χ0n) is 10.2. The summed E-state index contributed by atoms with van der Waals surface area (Å²) in [6, 6.07) is 0. The summed E-state index contributed by atoms with van der Waals surface area (Å²) >= 11 is 0. The Morgan fingerprint density at radius 3 is 2.73 bits per heavy atom. The van der Waals surface area contributed by atoms with Crippen LogP contribution >= 0.6 is 0 Å². The molecule has 0 radical (unpaired) electrons. The van der Waals surface area contributed by atoms with Crippen molar-refractivity contribution >= 4 is 0 Å².